The van der Waals surface area contributed by atoms with Crippen LogP contribution in [0.15, 0.2) is 6.20 Å². The van der Waals surface area contributed by atoms with Crippen LogP contribution in [0.25, 0.3) is 0 Å². The molecular formula is C12H16F3NOS. The van der Waals surface area contributed by atoms with Crippen molar-refractivity contribution in [3.63, 3.8) is 0 Å². The highest BCUT2D eigenvalue weighted by Gasteiger charge is 2.35. The summed E-state index contributed by atoms with van der Waals surface area (Å²) in [4.78, 5) is 3.66. The third-order valence-electron chi connectivity index (χ3n) is 3.38. The average Bonchev–Trinajstić information content (AvgIpc) is 2.79. The van der Waals surface area contributed by atoms with Crippen LogP contribution in [0, 0.1) is 5.92 Å². The second-order valence-electron chi connectivity index (χ2n) is 4.82. The van der Waals surface area contributed by atoms with Crippen molar-refractivity contribution in [1.29, 1.82) is 0 Å². The van der Waals surface area contributed by atoms with Gasteiger partial charge in [-0.2, -0.15) is 13.2 Å². The van der Waals surface area contributed by atoms with Gasteiger partial charge in [0.25, 0.3) is 0 Å². The number of halogens is 3. The number of alkyl halides is 3. The molecule has 1 unspecified atom stereocenters. The Morgan fingerprint density at radius 2 is 2.00 bits per heavy atom. The third kappa shape index (κ3) is 3.45. The first kappa shape index (κ1) is 13.8. The first-order chi connectivity index (χ1) is 8.47. The van der Waals surface area contributed by atoms with Crippen LogP contribution in [0.4, 0.5) is 13.2 Å². The van der Waals surface area contributed by atoms with Gasteiger partial charge in [-0.05, 0) is 12.3 Å². The number of aliphatic hydroxyl groups excluding tert-OH is 1. The van der Waals surface area contributed by atoms with Crippen LogP contribution in [0.1, 0.15) is 54.5 Å². The topological polar surface area (TPSA) is 33.1 Å². The highest BCUT2D eigenvalue weighted by Crippen LogP contribution is 2.37. The molecule has 18 heavy (non-hydrogen) atoms. The van der Waals surface area contributed by atoms with E-state index < -0.39 is 17.3 Å². The third-order valence-corrected chi connectivity index (χ3v) is 4.52. The molecule has 0 aromatic carbocycles. The fraction of sp³-hybridized carbons (Fsp3) is 0.750. The van der Waals surface area contributed by atoms with Crippen LogP contribution < -0.4 is 0 Å². The van der Waals surface area contributed by atoms with Crippen molar-refractivity contribution in [3.8, 4) is 0 Å². The second-order valence-corrected chi connectivity index (χ2v) is 5.88. The molecule has 6 heteroatoms. The molecule has 1 aliphatic carbocycles. The summed E-state index contributed by atoms with van der Waals surface area (Å²) < 4.78 is 37.2. The van der Waals surface area contributed by atoms with E-state index in [0.717, 1.165) is 31.9 Å². The monoisotopic (exact) mass is 279 g/mol. The molecule has 1 fully saturated rings. The molecule has 2 rings (SSSR count). The van der Waals surface area contributed by atoms with Crippen molar-refractivity contribution >= 4 is 11.3 Å². The predicted octanol–water partition coefficient (Wildman–Crippen LogP) is 4.17. The highest BCUT2D eigenvalue weighted by atomic mass is 32.1. The van der Waals surface area contributed by atoms with Gasteiger partial charge in [0.05, 0.1) is 11.0 Å². The van der Waals surface area contributed by atoms with Gasteiger partial charge >= 0.3 is 6.18 Å². The van der Waals surface area contributed by atoms with Gasteiger partial charge in [0, 0.05) is 6.20 Å². The number of hydrogen-bond donors (Lipinski definition) is 1. The summed E-state index contributed by atoms with van der Waals surface area (Å²) in [7, 11) is 0. The molecular weight excluding hydrogens is 263 g/mol. The lowest BCUT2D eigenvalue weighted by Gasteiger charge is -2.23. The minimum Gasteiger partial charge on any atom is -0.388 e. The Morgan fingerprint density at radius 1 is 1.33 bits per heavy atom. The predicted molar refractivity (Wildman–Crippen MR) is 63.3 cm³/mol. The van der Waals surface area contributed by atoms with Gasteiger partial charge in [0.2, 0.25) is 0 Å². The minimum absolute atomic E-state index is 0.327. The lowest BCUT2D eigenvalue weighted by molar-refractivity contribution is -0.137. The van der Waals surface area contributed by atoms with Gasteiger partial charge in [0.1, 0.15) is 0 Å². The number of thiazole rings is 1. The standard InChI is InChI=1S/C12H16F3NOS/c13-12(14,15)11-16-7-10(18-11)9(17)6-8-4-2-1-3-5-8/h7-9,17H,1-6H2. The smallest absolute Gasteiger partial charge is 0.388 e. The molecule has 2 nitrogen and oxygen atoms in total. The maximum absolute atomic E-state index is 12.4. The minimum atomic E-state index is -4.41. The number of aliphatic hydroxyl groups is 1. The average molecular weight is 279 g/mol. The van der Waals surface area contributed by atoms with Crippen LogP contribution in [-0.4, -0.2) is 10.1 Å². The van der Waals surface area contributed by atoms with E-state index >= 15 is 0 Å². The van der Waals surface area contributed by atoms with Gasteiger partial charge in [0.15, 0.2) is 5.01 Å². The Morgan fingerprint density at radius 3 is 2.56 bits per heavy atom. The van der Waals surface area contributed by atoms with E-state index in [1.165, 1.54) is 6.42 Å². The highest BCUT2D eigenvalue weighted by molar-refractivity contribution is 7.11. The van der Waals surface area contributed by atoms with Crippen molar-refractivity contribution < 1.29 is 18.3 Å². The van der Waals surface area contributed by atoms with E-state index in [1.54, 1.807) is 0 Å². The number of rotatable bonds is 3. The first-order valence-electron chi connectivity index (χ1n) is 6.18. The Hall–Kier alpha value is -0.620. The van der Waals surface area contributed by atoms with E-state index in [0.29, 0.717) is 28.6 Å². The molecule has 0 saturated heterocycles. The summed E-state index contributed by atoms with van der Waals surface area (Å²) in [5, 5.41) is 9.08. The van der Waals surface area contributed by atoms with Crippen molar-refractivity contribution in [3.05, 3.63) is 16.1 Å². The van der Waals surface area contributed by atoms with Crippen LogP contribution >= 0.6 is 11.3 Å². The van der Waals surface area contributed by atoms with Crippen molar-refractivity contribution in [2.45, 2.75) is 50.8 Å². The van der Waals surface area contributed by atoms with Gasteiger partial charge < -0.3 is 5.11 Å². The lowest BCUT2D eigenvalue weighted by atomic mass is 9.85. The van der Waals surface area contributed by atoms with Crippen molar-refractivity contribution in [2.75, 3.05) is 0 Å². The molecule has 1 atom stereocenters. The summed E-state index contributed by atoms with van der Waals surface area (Å²) in [6.07, 6.45) is 2.19. The van der Waals surface area contributed by atoms with Crippen LogP contribution in [0.5, 0.6) is 0 Å². The molecule has 1 saturated carbocycles. The SMILES string of the molecule is OC(CC1CCCCC1)c1cnc(C(F)(F)F)s1. The first-order valence-corrected chi connectivity index (χ1v) is 6.99. The van der Waals surface area contributed by atoms with Crippen molar-refractivity contribution in [2.24, 2.45) is 5.92 Å². The molecule has 0 bridgehead atoms. The normalized spacial score (nSPS) is 20.0. The van der Waals surface area contributed by atoms with Gasteiger partial charge in [-0.3, -0.25) is 0 Å². The second kappa shape index (κ2) is 5.57. The van der Waals surface area contributed by atoms with E-state index in [-0.39, 0.29) is 0 Å². The Kier molecular flexibility index (Phi) is 4.27. The quantitative estimate of drug-likeness (QED) is 0.901. The zero-order valence-electron chi connectivity index (χ0n) is 9.91. The fourth-order valence-electron chi connectivity index (χ4n) is 2.43. The molecule has 0 radical (unpaired) electrons. The molecule has 0 spiro atoms. The molecule has 102 valence electrons. The van der Waals surface area contributed by atoms with E-state index in [9.17, 15) is 18.3 Å². The molecule has 1 N–H and O–H groups in total. The summed E-state index contributed by atoms with van der Waals surface area (Å²) in [6, 6.07) is 0. The zero-order valence-corrected chi connectivity index (χ0v) is 10.7. The number of aromatic nitrogens is 1. The van der Waals surface area contributed by atoms with Crippen molar-refractivity contribution in [1.82, 2.24) is 4.98 Å². The lowest BCUT2D eigenvalue weighted by Crippen LogP contribution is -2.10. The fourth-order valence-corrected chi connectivity index (χ4v) is 3.21. The molecule has 0 amide bonds. The van der Waals surface area contributed by atoms with E-state index in [1.807, 2.05) is 0 Å². The zero-order chi connectivity index (χ0) is 13.2. The molecule has 1 heterocycles. The Balaban J connectivity index is 1.96. The molecule has 1 aliphatic rings. The van der Waals surface area contributed by atoms with Gasteiger partial charge in [-0.15, -0.1) is 11.3 Å². The van der Waals surface area contributed by atoms with Crippen LogP contribution in [0.2, 0.25) is 0 Å². The van der Waals surface area contributed by atoms with E-state index in [4.69, 9.17) is 0 Å². The van der Waals surface area contributed by atoms with Gasteiger partial charge in [-0.1, -0.05) is 32.1 Å². The Labute approximate surface area is 108 Å². The summed E-state index contributed by atoms with van der Waals surface area (Å²) in [5.74, 6) is 0.435. The number of hydrogen-bond acceptors (Lipinski definition) is 3. The molecule has 1 aromatic heterocycles. The number of nitrogens with zero attached hydrogens (tertiary/aromatic N) is 1. The summed E-state index contributed by atoms with van der Waals surface area (Å²) in [5.41, 5.74) is 0. The van der Waals surface area contributed by atoms with E-state index in [2.05, 4.69) is 4.98 Å². The molecule has 1 aromatic rings. The maximum Gasteiger partial charge on any atom is 0.443 e. The van der Waals surface area contributed by atoms with Crippen LogP contribution in [-0.2, 0) is 6.18 Å². The Bertz CT molecular complexity index is 385. The maximum atomic E-state index is 12.4. The van der Waals surface area contributed by atoms with Gasteiger partial charge in [-0.25, -0.2) is 4.98 Å². The largest absolute Gasteiger partial charge is 0.443 e. The molecule has 0 aliphatic heterocycles. The summed E-state index contributed by atoms with van der Waals surface area (Å²) >= 11 is 0.550. The van der Waals surface area contributed by atoms with Crippen LogP contribution in [0.3, 0.4) is 0 Å². The summed E-state index contributed by atoms with van der Waals surface area (Å²) in [6.45, 7) is 0.